The van der Waals surface area contributed by atoms with Crippen molar-refractivity contribution in [3.8, 4) is 11.5 Å². The molecule has 1 aromatic carbocycles. The van der Waals surface area contributed by atoms with Crippen molar-refractivity contribution >= 4 is 11.6 Å². The van der Waals surface area contributed by atoms with Crippen LogP contribution in [0.1, 0.15) is 19.9 Å². The van der Waals surface area contributed by atoms with Crippen LogP contribution in [-0.4, -0.2) is 24.2 Å². The number of rotatable bonds is 6. The van der Waals surface area contributed by atoms with E-state index in [0.717, 1.165) is 0 Å². The lowest BCUT2D eigenvalue weighted by Gasteiger charge is -2.17. The quantitative estimate of drug-likeness (QED) is 0.889. The summed E-state index contributed by atoms with van der Waals surface area (Å²) in [5.74, 6) is 0.473. The van der Waals surface area contributed by atoms with Crippen LogP contribution < -0.4 is 20.3 Å². The van der Waals surface area contributed by atoms with Gasteiger partial charge in [-0.25, -0.2) is 0 Å². The molecule has 0 saturated heterocycles. The molecule has 1 N–H and O–H groups in total. The van der Waals surface area contributed by atoms with Gasteiger partial charge >= 0.3 is 0 Å². The fourth-order valence-corrected chi connectivity index (χ4v) is 2.17. The highest BCUT2D eigenvalue weighted by molar-refractivity contribution is 5.94. The van der Waals surface area contributed by atoms with Crippen LogP contribution in [0, 0.1) is 0 Å². The lowest BCUT2D eigenvalue weighted by molar-refractivity contribution is -0.118. The number of carbonyl (C=O) groups excluding carboxylic acids is 1. The van der Waals surface area contributed by atoms with Crippen LogP contribution in [0.15, 0.2) is 47.4 Å². The van der Waals surface area contributed by atoms with E-state index >= 15 is 0 Å². The first-order valence-corrected chi connectivity index (χ1v) is 7.36. The van der Waals surface area contributed by atoms with E-state index in [4.69, 9.17) is 9.47 Å². The van der Waals surface area contributed by atoms with Crippen molar-refractivity contribution in [1.29, 1.82) is 0 Å². The molecule has 23 heavy (non-hydrogen) atoms. The number of nitrogens with one attached hydrogen (secondary N) is 1. The zero-order chi connectivity index (χ0) is 16.8. The van der Waals surface area contributed by atoms with Gasteiger partial charge in [0.25, 0.3) is 5.56 Å². The second-order valence-corrected chi connectivity index (χ2v) is 4.88. The molecule has 0 bridgehead atoms. The summed E-state index contributed by atoms with van der Waals surface area (Å²) >= 11 is 0. The van der Waals surface area contributed by atoms with Gasteiger partial charge in [0.2, 0.25) is 5.91 Å². The minimum atomic E-state index is -0.687. The van der Waals surface area contributed by atoms with Gasteiger partial charge in [0, 0.05) is 6.20 Å². The van der Waals surface area contributed by atoms with Gasteiger partial charge in [-0.15, -0.1) is 0 Å². The molecule has 0 aliphatic heterocycles. The Balaban J connectivity index is 2.23. The molecule has 6 heteroatoms. The van der Waals surface area contributed by atoms with Crippen molar-refractivity contribution in [2.24, 2.45) is 0 Å². The Bertz CT molecular complexity index is 739. The maximum absolute atomic E-state index is 12.4. The minimum absolute atomic E-state index is 0.229. The molecule has 0 aliphatic rings. The predicted octanol–water partition coefficient (Wildman–Crippen LogP) is 2.46. The molecule has 6 nitrogen and oxygen atoms in total. The van der Waals surface area contributed by atoms with E-state index in [1.54, 1.807) is 50.4 Å². The molecule has 0 spiro atoms. The first-order valence-electron chi connectivity index (χ1n) is 7.36. The molecular formula is C17H20N2O4. The van der Waals surface area contributed by atoms with Gasteiger partial charge in [-0.05, 0) is 38.1 Å². The van der Waals surface area contributed by atoms with Crippen LogP contribution in [0.3, 0.4) is 0 Å². The maximum Gasteiger partial charge on any atom is 0.293 e. The number of ether oxygens (including phenoxy) is 2. The third kappa shape index (κ3) is 3.71. The second-order valence-electron chi connectivity index (χ2n) is 4.88. The summed E-state index contributed by atoms with van der Waals surface area (Å²) in [6.07, 6.45) is 1.57. The van der Waals surface area contributed by atoms with E-state index in [9.17, 15) is 9.59 Å². The normalized spacial score (nSPS) is 11.6. The van der Waals surface area contributed by atoms with Crippen molar-refractivity contribution in [1.82, 2.24) is 4.57 Å². The highest BCUT2D eigenvalue weighted by atomic mass is 16.5. The zero-order valence-electron chi connectivity index (χ0n) is 13.4. The number of hydrogen-bond donors (Lipinski definition) is 1. The predicted molar refractivity (Wildman–Crippen MR) is 88.2 cm³/mol. The Kier molecular flexibility index (Phi) is 5.41. The largest absolute Gasteiger partial charge is 0.495 e. The van der Waals surface area contributed by atoms with Crippen molar-refractivity contribution in [3.05, 3.63) is 52.9 Å². The molecule has 1 heterocycles. The van der Waals surface area contributed by atoms with Crippen molar-refractivity contribution in [3.63, 3.8) is 0 Å². The number of aromatic nitrogens is 1. The lowest BCUT2D eigenvalue weighted by atomic mass is 10.2. The molecule has 122 valence electrons. The van der Waals surface area contributed by atoms with Crippen molar-refractivity contribution in [2.75, 3.05) is 19.0 Å². The molecule has 2 rings (SSSR count). The highest BCUT2D eigenvalue weighted by Crippen LogP contribution is 2.24. The van der Waals surface area contributed by atoms with Crippen LogP contribution in [0.5, 0.6) is 11.5 Å². The SMILES string of the molecule is CCOc1cccn(C(C)C(=O)Nc2ccccc2OC)c1=O. The lowest BCUT2D eigenvalue weighted by Crippen LogP contribution is -2.31. The standard InChI is InChI=1S/C17H20N2O4/c1-4-23-15-10-7-11-19(17(15)21)12(2)16(20)18-13-8-5-6-9-14(13)22-3/h5-12H,4H2,1-3H3,(H,18,20). The molecule has 0 fully saturated rings. The smallest absolute Gasteiger partial charge is 0.293 e. The fourth-order valence-electron chi connectivity index (χ4n) is 2.17. The summed E-state index contributed by atoms with van der Waals surface area (Å²) in [4.78, 5) is 24.7. The van der Waals surface area contributed by atoms with E-state index in [1.165, 1.54) is 11.7 Å². The Hall–Kier alpha value is -2.76. The van der Waals surface area contributed by atoms with E-state index in [-0.39, 0.29) is 17.2 Å². The van der Waals surface area contributed by atoms with Crippen molar-refractivity contribution in [2.45, 2.75) is 19.9 Å². The highest BCUT2D eigenvalue weighted by Gasteiger charge is 2.18. The molecule has 1 amide bonds. The Labute approximate surface area is 134 Å². The molecule has 0 saturated carbocycles. The van der Waals surface area contributed by atoms with E-state index < -0.39 is 6.04 Å². The third-order valence-electron chi connectivity index (χ3n) is 3.40. The van der Waals surface area contributed by atoms with E-state index in [2.05, 4.69) is 5.32 Å². The first-order chi connectivity index (χ1) is 11.1. The molecule has 1 aromatic heterocycles. The monoisotopic (exact) mass is 316 g/mol. The van der Waals surface area contributed by atoms with Gasteiger partial charge in [-0.1, -0.05) is 12.1 Å². The average molecular weight is 316 g/mol. The fraction of sp³-hybridized carbons (Fsp3) is 0.294. The topological polar surface area (TPSA) is 69.6 Å². The van der Waals surface area contributed by atoms with E-state index in [1.807, 2.05) is 6.07 Å². The van der Waals surface area contributed by atoms with Crippen LogP contribution in [0.25, 0.3) is 0 Å². The number of anilines is 1. The van der Waals surface area contributed by atoms with Crippen LogP contribution >= 0.6 is 0 Å². The number of pyridine rings is 1. The van der Waals surface area contributed by atoms with Crippen LogP contribution in [0.2, 0.25) is 0 Å². The van der Waals surface area contributed by atoms with Crippen LogP contribution in [-0.2, 0) is 4.79 Å². The number of nitrogens with zero attached hydrogens (tertiary/aromatic N) is 1. The summed E-state index contributed by atoms with van der Waals surface area (Å²) in [7, 11) is 1.53. The Morgan fingerprint density at radius 1 is 1.22 bits per heavy atom. The Morgan fingerprint density at radius 3 is 2.61 bits per heavy atom. The van der Waals surface area contributed by atoms with Gasteiger partial charge in [-0.2, -0.15) is 0 Å². The number of benzene rings is 1. The molecule has 2 aromatic rings. The van der Waals surface area contributed by atoms with Gasteiger partial charge in [0.1, 0.15) is 11.8 Å². The third-order valence-corrected chi connectivity index (χ3v) is 3.40. The zero-order valence-corrected chi connectivity index (χ0v) is 13.4. The number of methoxy groups -OCH3 is 1. The molecular weight excluding hydrogens is 296 g/mol. The number of carbonyl (C=O) groups is 1. The number of amides is 1. The van der Waals surface area contributed by atoms with Gasteiger partial charge in [0.05, 0.1) is 19.4 Å². The molecule has 0 radical (unpaired) electrons. The minimum Gasteiger partial charge on any atom is -0.495 e. The molecule has 0 aliphatic carbocycles. The summed E-state index contributed by atoms with van der Waals surface area (Å²) in [5.41, 5.74) is 0.220. The van der Waals surface area contributed by atoms with Gasteiger partial charge in [0.15, 0.2) is 5.75 Å². The summed E-state index contributed by atoms with van der Waals surface area (Å²) in [6, 6.07) is 9.68. The second kappa shape index (κ2) is 7.49. The summed E-state index contributed by atoms with van der Waals surface area (Å²) in [5, 5.41) is 2.77. The number of para-hydroxylation sites is 2. The van der Waals surface area contributed by atoms with Crippen LogP contribution in [0.4, 0.5) is 5.69 Å². The van der Waals surface area contributed by atoms with Gasteiger partial charge < -0.3 is 19.4 Å². The molecule has 1 unspecified atom stereocenters. The number of hydrogen-bond acceptors (Lipinski definition) is 4. The van der Waals surface area contributed by atoms with Crippen molar-refractivity contribution < 1.29 is 14.3 Å². The van der Waals surface area contributed by atoms with Gasteiger partial charge in [-0.3, -0.25) is 9.59 Å². The maximum atomic E-state index is 12.4. The Morgan fingerprint density at radius 2 is 1.91 bits per heavy atom. The first kappa shape index (κ1) is 16.6. The van der Waals surface area contributed by atoms with E-state index in [0.29, 0.717) is 18.0 Å². The summed E-state index contributed by atoms with van der Waals surface area (Å²) in [6.45, 7) is 3.84. The average Bonchev–Trinajstić information content (AvgIpc) is 2.57. The molecule has 1 atom stereocenters. The summed E-state index contributed by atoms with van der Waals surface area (Å²) < 4.78 is 11.8.